The smallest absolute Gasteiger partial charge is 0.254 e. The fourth-order valence-electron chi connectivity index (χ4n) is 3.55. The Morgan fingerprint density at radius 2 is 2.10 bits per heavy atom. The van der Waals surface area contributed by atoms with Gasteiger partial charge >= 0.3 is 0 Å². The first-order chi connectivity index (χ1) is 14.4. The number of hydrogen-bond acceptors (Lipinski definition) is 7. The average molecular weight is 418 g/mol. The molecule has 0 saturated carbocycles. The first-order valence-corrected chi connectivity index (χ1v) is 9.93. The minimum Gasteiger partial charge on any atom is -0.334 e. The van der Waals surface area contributed by atoms with Gasteiger partial charge in [0.15, 0.2) is 16.7 Å². The van der Waals surface area contributed by atoms with Crippen LogP contribution in [0.15, 0.2) is 24.2 Å². The molecule has 2 aliphatic rings. The number of rotatable bonds is 3. The van der Waals surface area contributed by atoms with Gasteiger partial charge in [-0.15, -0.1) is 10.2 Å². The number of fused-ring (bicyclic) bond motifs is 1. The number of hydrogen-bond donors (Lipinski definition) is 0. The molecule has 1 atom stereocenters. The van der Waals surface area contributed by atoms with Crippen molar-refractivity contribution in [2.45, 2.75) is 25.7 Å². The lowest BCUT2D eigenvalue weighted by Crippen LogP contribution is -2.48. The molecule has 11 heteroatoms. The van der Waals surface area contributed by atoms with Crippen LogP contribution in [0, 0.1) is 5.82 Å². The van der Waals surface area contributed by atoms with E-state index in [1.807, 2.05) is 11.5 Å². The summed E-state index contributed by atoms with van der Waals surface area (Å²) in [7, 11) is 0. The number of amides is 1. The monoisotopic (exact) mass is 418 g/mol. The van der Waals surface area contributed by atoms with E-state index in [4.69, 9.17) is 1.37 Å². The quantitative estimate of drug-likeness (QED) is 0.650. The number of benzene rings is 1. The third kappa shape index (κ3) is 3.05. The molecule has 2 aromatic heterocycles. The molecule has 1 amide bonds. The first kappa shape index (κ1) is 17.0. The summed E-state index contributed by atoms with van der Waals surface area (Å²) >= 11 is 1.18. The first-order valence-electron chi connectivity index (χ1n) is 9.65. The second-order valence-electron chi connectivity index (χ2n) is 7.04. The molecule has 29 heavy (non-hydrogen) atoms. The molecule has 5 rings (SSSR count). The van der Waals surface area contributed by atoms with E-state index in [0.717, 1.165) is 6.07 Å². The zero-order valence-electron chi connectivity index (χ0n) is 16.4. The molecule has 1 saturated heterocycles. The largest absolute Gasteiger partial charge is 0.334 e. The summed E-state index contributed by atoms with van der Waals surface area (Å²) in [5, 5.41) is 9.11. The van der Waals surface area contributed by atoms with Gasteiger partial charge in [0.1, 0.15) is 12.0 Å². The molecule has 3 aromatic rings. The third-order valence-electron chi connectivity index (χ3n) is 5.19. The van der Waals surface area contributed by atoms with Gasteiger partial charge in [-0.3, -0.25) is 4.79 Å². The molecule has 8 nitrogen and oxygen atoms in total. The van der Waals surface area contributed by atoms with Gasteiger partial charge in [-0.25, -0.2) is 8.78 Å². The Hall–Kier alpha value is -2.95. The van der Waals surface area contributed by atoms with Crippen molar-refractivity contribution in [3.63, 3.8) is 0 Å². The maximum atomic E-state index is 13.4. The minimum atomic E-state index is -0.839. The van der Waals surface area contributed by atoms with Gasteiger partial charge in [-0.2, -0.15) is 9.36 Å². The lowest BCUT2D eigenvalue weighted by molar-refractivity contribution is 0.0638. The Bertz CT molecular complexity index is 1130. The van der Waals surface area contributed by atoms with Crippen LogP contribution >= 0.6 is 11.5 Å². The molecule has 0 aliphatic carbocycles. The van der Waals surface area contributed by atoms with Gasteiger partial charge in [0.25, 0.3) is 5.91 Å². The minimum absolute atomic E-state index is 0.260. The van der Waals surface area contributed by atoms with Crippen molar-refractivity contribution in [1.29, 1.82) is 0 Å². The highest BCUT2D eigenvalue weighted by Crippen LogP contribution is 2.31. The molecule has 0 bridgehead atoms. The average Bonchev–Trinajstić information content (AvgIpc) is 3.34. The van der Waals surface area contributed by atoms with Crippen molar-refractivity contribution >= 4 is 23.4 Å². The fraction of sp³-hybridized carbons (Fsp3) is 0.389. The summed E-state index contributed by atoms with van der Waals surface area (Å²) in [6.07, 6.45) is -0.839. The summed E-state index contributed by atoms with van der Waals surface area (Å²) in [5.74, 6) is 0.717. The van der Waals surface area contributed by atoms with E-state index in [9.17, 15) is 13.6 Å². The summed E-state index contributed by atoms with van der Waals surface area (Å²) in [4.78, 5) is 20.8. The maximum absolute atomic E-state index is 13.4. The van der Waals surface area contributed by atoms with Crippen LogP contribution in [-0.2, 0) is 6.54 Å². The molecule has 1 aromatic carbocycles. The molecule has 150 valence electrons. The predicted octanol–water partition coefficient (Wildman–Crippen LogP) is 2.31. The van der Waals surface area contributed by atoms with Crippen LogP contribution in [0.2, 0.25) is 0 Å². The summed E-state index contributed by atoms with van der Waals surface area (Å²) in [6.45, 7) is 3.31. The second kappa shape index (κ2) is 6.83. The van der Waals surface area contributed by atoms with Crippen molar-refractivity contribution < 1.29 is 14.9 Å². The number of nitrogens with zero attached hydrogens (tertiary/aromatic N) is 7. The Morgan fingerprint density at radius 1 is 1.28 bits per heavy atom. The molecule has 4 heterocycles. The Balaban J connectivity index is 1.39. The SMILES string of the molecule is [2H]c1cc(C(=O)N2CCn3c(-c4nc(N5CC(F)C5)ns4)nnc3[C@H]2C)ccc1F. The lowest BCUT2D eigenvalue weighted by atomic mass is 10.1. The zero-order chi connectivity index (χ0) is 21.0. The molecular weight excluding hydrogens is 400 g/mol. The van der Waals surface area contributed by atoms with Crippen LogP contribution in [0.5, 0.6) is 0 Å². The molecular formula is C18H17F2N7OS. The van der Waals surface area contributed by atoms with E-state index in [-0.39, 0.29) is 23.6 Å². The van der Waals surface area contributed by atoms with E-state index in [0.29, 0.717) is 48.8 Å². The van der Waals surface area contributed by atoms with Crippen LogP contribution in [-0.4, -0.2) is 60.7 Å². The Morgan fingerprint density at radius 3 is 2.86 bits per heavy atom. The Kier molecular flexibility index (Phi) is 3.99. The van der Waals surface area contributed by atoms with Crippen LogP contribution < -0.4 is 4.90 Å². The highest BCUT2D eigenvalue weighted by Gasteiger charge is 2.34. The number of carbonyl (C=O) groups is 1. The fourth-order valence-corrected chi connectivity index (χ4v) is 4.23. The van der Waals surface area contributed by atoms with Crippen molar-refractivity contribution in [2.24, 2.45) is 0 Å². The van der Waals surface area contributed by atoms with Crippen LogP contribution in [0.25, 0.3) is 10.8 Å². The highest BCUT2D eigenvalue weighted by molar-refractivity contribution is 7.09. The van der Waals surface area contributed by atoms with E-state index in [2.05, 4.69) is 19.6 Å². The molecule has 0 radical (unpaired) electrons. The van der Waals surface area contributed by atoms with Gasteiger partial charge in [-0.05, 0) is 42.7 Å². The standard InChI is InChI=1S/C18H17F2N7OS/c1-10-14-22-23-15(16-21-18(24-29-16)25-8-13(20)9-25)27(14)7-6-26(10)17(28)11-2-4-12(19)5-3-11/h2-5,10,13H,6-9H2,1H3/t10-/m1/s1/i4D. The van der Waals surface area contributed by atoms with E-state index in [1.54, 1.807) is 9.80 Å². The van der Waals surface area contributed by atoms with Crippen molar-refractivity contribution in [2.75, 3.05) is 24.5 Å². The third-order valence-corrected chi connectivity index (χ3v) is 5.90. The van der Waals surface area contributed by atoms with Gasteiger partial charge in [0.2, 0.25) is 5.95 Å². The second-order valence-corrected chi connectivity index (χ2v) is 7.79. The lowest BCUT2D eigenvalue weighted by Gasteiger charge is -2.33. The van der Waals surface area contributed by atoms with E-state index in [1.165, 1.54) is 23.7 Å². The summed E-state index contributed by atoms with van der Waals surface area (Å²) in [5.41, 5.74) is 0.260. The van der Waals surface area contributed by atoms with Crippen LogP contribution in [0.3, 0.4) is 0 Å². The van der Waals surface area contributed by atoms with Crippen molar-refractivity contribution in [1.82, 2.24) is 29.0 Å². The van der Waals surface area contributed by atoms with Gasteiger partial charge in [-0.1, -0.05) is 0 Å². The van der Waals surface area contributed by atoms with E-state index >= 15 is 0 Å². The van der Waals surface area contributed by atoms with Gasteiger partial charge in [0, 0.05) is 18.7 Å². The molecule has 2 aliphatic heterocycles. The normalized spacial score (nSPS) is 19.7. The van der Waals surface area contributed by atoms with Crippen molar-refractivity contribution in [3.8, 4) is 10.8 Å². The van der Waals surface area contributed by atoms with Crippen molar-refractivity contribution in [3.05, 3.63) is 41.4 Å². The van der Waals surface area contributed by atoms with Crippen LogP contribution in [0.1, 0.15) is 30.5 Å². The molecule has 0 unspecified atom stereocenters. The van der Waals surface area contributed by atoms with Gasteiger partial charge < -0.3 is 14.4 Å². The van der Waals surface area contributed by atoms with Gasteiger partial charge in [0.05, 0.1) is 20.5 Å². The molecule has 0 N–H and O–H groups in total. The number of alkyl halides is 1. The molecule has 1 fully saturated rings. The summed E-state index contributed by atoms with van der Waals surface area (Å²) < 4.78 is 40.2. The highest BCUT2D eigenvalue weighted by atomic mass is 32.1. The predicted molar refractivity (Wildman–Crippen MR) is 102 cm³/mol. The topological polar surface area (TPSA) is 80.0 Å². The number of carbonyl (C=O) groups excluding carboxylic acids is 1. The van der Waals surface area contributed by atoms with E-state index < -0.39 is 12.0 Å². The Labute approximate surface area is 170 Å². The number of anilines is 1. The summed E-state index contributed by atoms with van der Waals surface area (Å²) in [6, 6.07) is 3.07. The zero-order valence-corrected chi connectivity index (χ0v) is 16.2. The number of aromatic nitrogens is 5. The van der Waals surface area contributed by atoms with Crippen LogP contribution in [0.4, 0.5) is 14.7 Å². The number of halogens is 2. The molecule has 0 spiro atoms. The maximum Gasteiger partial charge on any atom is 0.254 e.